The number of alkyl halides is 1. The molecule has 80 valence electrons. The van der Waals surface area contributed by atoms with Gasteiger partial charge in [0.2, 0.25) is 5.91 Å². The number of halogens is 1. The van der Waals surface area contributed by atoms with Crippen LogP contribution in [-0.2, 0) is 4.79 Å². The van der Waals surface area contributed by atoms with Gasteiger partial charge in [-0.25, -0.2) is 0 Å². The maximum atomic E-state index is 11.7. The van der Waals surface area contributed by atoms with E-state index in [1.807, 2.05) is 4.90 Å². The molecule has 0 aromatic carbocycles. The van der Waals surface area contributed by atoms with E-state index in [0.717, 1.165) is 19.5 Å². The summed E-state index contributed by atoms with van der Waals surface area (Å²) in [6, 6.07) is 0.913. The molecule has 1 amide bonds. The van der Waals surface area contributed by atoms with Crippen molar-refractivity contribution >= 4 is 17.5 Å². The first kappa shape index (κ1) is 10.2. The van der Waals surface area contributed by atoms with Gasteiger partial charge in [-0.05, 0) is 32.9 Å². The Morgan fingerprint density at radius 3 is 2.57 bits per heavy atom. The molecule has 3 nitrogen and oxygen atoms in total. The summed E-state index contributed by atoms with van der Waals surface area (Å²) in [5.74, 6) is 0.256. The minimum Gasteiger partial charge on any atom is -0.334 e. The van der Waals surface area contributed by atoms with Crippen LogP contribution in [0.2, 0.25) is 0 Å². The second-order valence-electron chi connectivity index (χ2n) is 4.37. The Hall–Kier alpha value is -0.280. The van der Waals surface area contributed by atoms with E-state index < -0.39 is 0 Å². The molecule has 2 aliphatic rings. The number of amides is 1. The quantitative estimate of drug-likeness (QED) is 0.656. The molecular weight excluding hydrogens is 200 g/mol. The van der Waals surface area contributed by atoms with Crippen LogP contribution in [0.4, 0.5) is 0 Å². The maximum absolute atomic E-state index is 11.7. The molecular formula is C10H17ClN2O. The van der Waals surface area contributed by atoms with Crippen molar-refractivity contribution in [1.29, 1.82) is 0 Å². The van der Waals surface area contributed by atoms with Gasteiger partial charge in [0.25, 0.3) is 0 Å². The summed E-state index contributed by atoms with van der Waals surface area (Å²) >= 11 is 5.63. The average Bonchev–Trinajstić information content (AvgIpc) is 2.90. The van der Waals surface area contributed by atoms with E-state index in [2.05, 4.69) is 11.9 Å². The summed E-state index contributed by atoms with van der Waals surface area (Å²) in [5.41, 5.74) is 0. The first-order chi connectivity index (χ1) is 6.72. The number of likely N-dealkylation sites (tertiary alicyclic amines) is 1. The third kappa shape index (κ3) is 2.04. The van der Waals surface area contributed by atoms with Gasteiger partial charge in [-0.2, -0.15) is 0 Å². The fourth-order valence-electron chi connectivity index (χ4n) is 2.27. The first-order valence-corrected chi connectivity index (χ1v) is 5.81. The Morgan fingerprint density at radius 1 is 1.43 bits per heavy atom. The second kappa shape index (κ2) is 4.07. The molecule has 1 atom stereocenters. The van der Waals surface area contributed by atoms with Gasteiger partial charge in [-0.3, -0.25) is 4.79 Å². The third-order valence-electron chi connectivity index (χ3n) is 3.10. The normalized spacial score (nSPS) is 28.0. The van der Waals surface area contributed by atoms with Crippen LogP contribution in [-0.4, -0.2) is 53.8 Å². The smallest absolute Gasteiger partial charge is 0.238 e. The molecule has 1 heterocycles. The van der Waals surface area contributed by atoms with Crippen LogP contribution in [0, 0.1) is 0 Å². The van der Waals surface area contributed by atoms with Crippen molar-refractivity contribution in [2.75, 3.05) is 26.0 Å². The third-order valence-corrected chi connectivity index (χ3v) is 3.33. The maximum Gasteiger partial charge on any atom is 0.238 e. The van der Waals surface area contributed by atoms with Crippen molar-refractivity contribution in [1.82, 2.24) is 9.80 Å². The number of carbonyl (C=O) groups is 1. The number of hydrogen-bond donors (Lipinski definition) is 0. The zero-order valence-corrected chi connectivity index (χ0v) is 9.33. The lowest BCUT2D eigenvalue weighted by atomic mass is 10.2. The predicted octanol–water partition coefficient (Wildman–Crippen LogP) is 0.920. The molecule has 14 heavy (non-hydrogen) atoms. The van der Waals surface area contributed by atoms with Crippen molar-refractivity contribution < 1.29 is 4.79 Å². The summed E-state index contributed by atoms with van der Waals surface area (Å²) in [6.07, 6.45) is 3.45. The van der Waals surface area contributed by atoms with Gasteiger partial charge in [0.05, 0.1) is 0 Å². The van der Waals surface area contributed by atoms with E-state index in [-0.39, 0.29) is 11.8 Å². The van der Waals surface area contributed by atoms with E-state index in [1.165, 1.54) is 12.8 Å². The summed E-state index contributed by atoms with van der Waals surface area (Å²) in [6.45, 7) is 2.11. The Kier molecular flexibility index (Phi) is 2.98. The highest BCUT2D eigenvalue weighted by atomic mass is 35.5. The molecule has 0 unspecified atom stereocenters. The Bertz CT molecular complexity index is 230. The van der Waals surface area contributed by atoms with Crippen LogP contribution in [0.1, 0.15) is 19.3 Å². The van der Waals surface area contributed by atoms with Crippen molar-refractivity contribution in [2.24, 2.45) is 0 Å². The molecule has 0 spiro atoms. The van der Waals surface area contributed by atoms with Crippen molar-refractivity contribution in [3.8, 4) is 0 Å². The summed E-state index contributed by atoms with van der Waals surface area (Å²) in [5, 5.41) is 0. The average molecular weight is 217 g/mol. The van der Waals surface area contributed by atoms with Crippen molar-refractivity contribution in [2.45, 2.75) is 31.3 Å². The Balaban J connectivity index is 1.99. The molecule has 0 radical (unpaired) electrons. The van der Waals surface area contributed by atoms with Gasteiger partial charge in [0.1, 0.15) is 5.88 Å². The lowest BCUT2D eigenvalue weighted by molar-refractivity contribution is -0.131. The molecule has 1 saturated carbocycles. The zero-order valence-electron chi connectivity index (χ0n) is 8.58. The monoisotopic (exact) mass is 216 g/mol. The van der Waals surface area contributed by atoms with Gasteiger partial charge in [0.15, 0.2) is 0 Å². The minimum atomic E-state index is 0.120. The van der Waals surface area contributed by atoms with Gasteiger partial charge in [0, 0.05) is 18.6 Å². The van der Waals surface area contributed by atoms with Crippen LogP contribution in [0.15, 0.2) is 0 Å². The SMILES string of the molecule is CN1CC[C@@H](N(C(=O)CCl)C2CC2)C1. The largest absolute Gasteiger partial charge is 0.334 e. The van der Waals surface area contributed by atoms with E-state index in [9.17, 15) is 4.79 Å². The van der Waals surface area contributed by atoms with Gasteiger partial charge in [-0.1, -0.05) is 0 Å². The second-order valence-corrected chi connectivity index (χ2v) is 4.64. The van der Waals surface area contributed by atoms with Gasteiger partial charge < -0.3 is 9.80 Å². The highest BCUT2D eigenvalue weighted by Gasteiger charge is 2.38. The van der Waals surface area contributed by atoms with Crippen molar-refractivity contribution in [3.05, 3.63) is 0 Å². The topological polar surface area (TPSA) is 23.6 Å². The molecule has 1 aliphatic heterocycles. The zero-order chi connectivity index (χ0) is 10.1. The van der Waals surface area contributed by atoms with E-state index >= 15 is 0 Å². The fraction of sp³-hybridized carbons (Fsp3) is 0.900. The lowest BCUT2D eigenvalue weighted by Crippen LogP contribution is -2.43. The standard InChI is InChI=1S/C10H17ClN2O/c1-12-5-4-9(7-12)13(8-2-3-8)10(14)6-11/h8-9H,2-7H2,1H3/t9-/m1/s1. The van der Waals surface area contributed by atoms with Gasteiger partial charge in [-0.15, -0.1) is 11.6 Å². The van der Waals surface area contributed by atoms with Crippen LogP contribution < -0.4 is 0 Å². The number of hydrogen-bond acceptors (Lipinski definition) is 2. The summed E-state index contributed by atoms with van der Waals surface area (Å²) in [7, 11) is 2.11. The molecule has 2 fully saturated rings. The molecule has 1 saturated heterocycles. The molecule has 0 aromatic heterocycles. The van der Waals surface area contributed by atoms with E-state index in [0.29, 0.717) is 12.1 Å². The van der Waals surface area contributed by atoms with Crippen LogP contribution in [0.5, 0.6) is 0 Å². The molecule has 1 aliphatic carbocycles. The summed E-state index contributed by atoms with van der Waals surface area (Å²) in [4.78, 5) is 16.0. The van der Waals surface area contributed by atoms with E-state index in [4.69, 9.17) is 11.6 Å². The van der Waals surface area contributed by atoms with Crippen LogP contribution in [0.3, 0.4) is 0 Å². The fourth-order valence-corrected chi connectivity index (χ4v) is 2.40. The molecule has 0 aromatic rings. The summed E-state index contributed by atoms with van der Waals surface area (Å²) < 4.78 is 0. The van der Waals surface area contributed by atoms with Gasteiger partial charge >= 0.3 is 0 Å². The first-order valence-electron chi connectivity index (χ1n) is 5.28. The van der Waals surface area contributed by atoms with Crippen LogP contribution in [0.25, 0.3) is 0 Å². The highest BCUT2D eigenvalue weighted by Crippen LogP contribution is 2.31. The molecule has 0 N–H and O–H groups in total. The Morgan fingerprint density at radius 2 is 2.14 bits per heavy atom. The number of rotatable bonds is 3. The Labute approximate surface area is 90.0 Å². The number of carbonyl (C=O) groups excluding carboxylic acids is 1. The highest BCUT2D eigenvalue weighted by molar-refractivity contribution is 6.27. The van der Waals surface area contributed by atoms with Crippen molar-refractivity contribution in [3.63, 3.8) is 0 Å². The minimum absolute atomic E-state index is 0.120. The molecule has 0 bridgehead atoms. The predicted molar refractivity (Wildman–Crippen MR) is 56.5 cm³/mol. The molecule has 2 rings (SSSR count). The lowest BCUT2D eigenvalue weighted by Gasteiger charge is -2.28. The number of likely N-dealkylation sites (N-methyl/N-ethyl adjacent to an activating group) is 1. The number of nitrogens with zero attached hydrogens (tertiary/aromatic N) is 2. The van der Waals surface area contributed by atoms with E-state index in [1.54, 1.807) is 0 Å². The van der Waals surface area contributed by atoms with Crippen LogP contribution >= 0.6 is 11.6 Å². The molecule has 4 heteroatoms.